The van der Waals surface area contributed by atoms with Crippen LogP contribution in [-0.2, 0) is 16.1 Å². The molecule has 1 aromatic rings. The third-order valence-electron chi connectivity index (χ3n) is 5.41. The van der Waals surface area contributed by atoms with Crippen LogP contribution in [0.15, 0.2) is 0 Å². The average Bonchev–Trinajstić information content (AvgIpc) is 3.23. The summed E-state index contributed by atoms with van der Waals surface area (Å²) in [5, 5.41) is 4.20. The van der Waals surface area contributed by atoms with Crippen LogP contribution in [0.2, 0.25) is 0 Å². The number of piperidine rings is 1. The van der Waals surface area contributed by atoms with E-state index in [4.69, 9.17) is 0 Å². The van der Waals surface area contributed by atoms with Gasteiger partial charge in [0.2, 0.25) is 11.8 Å². The Morgan fingerprint density at radius 1 is 1.32 bits per heavy atom. The molecule has 138 valence electrons. The van der Waals surface area contributed by atoms with Crippen molar-refractivity contribution < 1.29 is 9.59 Å². The molecule has 1 N–H and O–H groups in total. The number of carbonyl (C=O) groups excluding carboxylic acids is 2. The fourth-order valence-electron chi connectivity index (χ4n) is 3.83. The zero-order valence-electron chi connectivity index (χ0n) is 15.5. The lowest BCUT2D eigenvalue weighted by Crippen LogP contribution is -2.49. The SMILES string of the molecule is Cc1nc(C(C)C)sc1CNC(=O)[C@@H]1CCC(=O)N(C2CCCC2)C1. The van der Waals surface area contributed by atoms with Crippen molar-refractivity contribution in [3.05, 3.63) is 15.6 Å². The molecule has 0 radical (unpaired) electrons. The van der Waals surface area contributed by atoms with Crippen molar-refractivity contribution in [2.45, 2.75) is 77.8 Å². The van der Waals surface area contributed by atoms with E-state index in [1.54, 1.807) is 11.3 Å². The minimum Gasteiger partial charge on any atom is -0.351 e. The zero-order valence-corrected chi connectivity index (χ0v) is 16.3. The van der Waals surface area contributed by atoms with Gasteiger partial charge in [0.25, 0.3) is 0 Å². The van der Waals surface area contributed by atoms with Crippen LogP contribution >= 0.6 is 11.3 Å². The van der Waals surface area contributed by atoms with Gasteiger partial charge in [-0.15, -0.1) is 11.3 Å². The Balaban J connectivity index is 1.56. The monoisotopic (exact) mass is 363 g/mol. The molecule has 1 atom stereocenters. The maximum Gasteiger partial charge on any atom is 0.225 e. The largest absolute Gasteiger partial charge is 0.351 e. The summed E-state index contributed by atoms with van der Waals surface area (Å²) in [5.41, 5.74) is 1.01. The topological polar surface area (TPSA) is 62.3 Å². The number of nitrogens with one attached hydrogen (secondary N) is 1. The van der Waals surface area contributed by atoms with Crippen molar-refractivity contribution in [2.75, 3.05) is 6.54 Å². The van der Waals surface area contributed by atoms with Crippen LogP contribution in [0, 0.1) is 12.8 Å². The van der Waals surface area contributed by atoms with E-state index in [2.05, 4.69) is 24.1 Å². The van der Waals surface area contributed by atoms with E-state index in [0.29, 0.717) is 37.9 Å². The number of hydrogen-bond acceptors (Lipinski definition) is 4. The van der Waals surface area contributed by atoms with Crippen LogP contribution in [0.1, 0.15) is 73.9 Å². The number of likely N-dealkylation sites (tertiary alicyclic amines) is 1. The molecule has 1 aliphatic carbocycles. The summed E-state index contributed by atoms with van der Waals surface area (Å²) in [6.45, 7) is 7.41. The first-order chi connectivity index (χ1) is 12.0. The summed E-state index contributed by atoms with van der Waals surface area (Å²) in [6.07, 6.45) is 5.77. The summed E-state index contributed by atoms with van der Waals surface area (Å²) in [6, 6.07) is 0.362. The normalized spacial score (nSPS) is 22.0. The van der Waals surface area contributed by atoms with E-state index < -0.39 is 0 Å². The van der Waals surface area contributed by atoms with Gasteiger partial charge in [0.15, 0.2) is 0 Å². The Labute approximate surface area is 154 Å². The van der Waals surface area contributed by atoms with E-state index in [-0.39, 0.29) is 17.7 Å². The number of amides is 2. The second kappa shape index (κ2) is 7.85. The third-order valence-corrected chi connectivity index (χ3v) is 6.86. The van der Waals surface area contributed by atoms with E-state index in [0.717, 1.165) is 28.4 Å². The molecule has 1 aromatic heterocycles. The minimum atomic E-state index is -0.0731. The number of aromatic nitrogens is 1. The summed E-state index contributed by atoms with van der Waals surface area (Å²) in [5.74, 6) is 0.652. The molecule has 1 saturated carbocycles. The van der Waals surface area contributed by atoms with Crippen LogP contribution in [-0.4, -0.2) is 34.3 Å². The lowest BCUT2D eigenvalue weighted by atomic mass is 9.95. The van der Waals surface area contributed by atoms with Crippen molar-refractivity contribution >= 4 is 23.2 Å². The molecular weight excluding hydrogens is 334 g/mol. The first kappa shape index (κ1) is 18.4. The van der Waals surface area contributed by atoms with Crippen molar-refractivity contribution in [1.82, 2.24) is 15.2 Å². The molecule has 3 rings (SSSR count). The Kier molecular flexibility index (Phi) is 5.77. The molecule has 5 nitrogen and oxygen atoms in total. The lowest BCUT2D eigenvalue weighted by molar-refractivity contribution is -0.140. The number of aryl methyl sites for hydroxylation is 1. The second-order valence-corrected chi connectivity index (χ2v) is 8.77. The fourth-order valence-corrected chi connectivity index (χ4v) is 4.84. The molecule has 0 spiro atoms. The summed E-state index contributed by atoms with van der Waals surface area (Å²) in [4.78, 5) is 32.6. The Hall–Kier alpha value is -1.43. The molecule has 0 unspecified atom stereocenters. The maximum absolute atomic E-state index is 12.6. The first-order valence-electron chi connectivity index (χ1n) is 9.49. The van der Waals surface area contributed by atoms with Gasteiger partial charge in [-0.25, -0.2) is 4.98 Å². The van der Waals surface area contributed by atoms with Crippen molar-refractivity contribution in [3.8, 4) is 0 Å². The number of hydrogen-bond donors (Lipinski definition) is 1. The predicted molar refractivity (Wildman–Crippen MR) is 99.5 cm³/mol. The van der Waals surface area contributed by atoms with Gasteiger partial charge in [0, 0.05) is 29.8 Å². The van der Waals surface area contributed by atoms with Gasteiger partial charge >= 0.3 is 0 Å². The third kappa shape index (κ3) is 4.22. The van der Waals surface area contributed by atoms with Crippen molar-refractivity contribution in [2.24, 2.45) is 5.92 Å². The molecule has 1 aliphatic heterocycles. The standard InChI is InChI=1S/C19H29N3O2S/c1-12(2)19-21-13(3)16(25-19)10-20-18(24)14-8-9-17(23)22(11-14)15-6-4-5-7-15/h12,14-15H,4-11H2,1-3H3,(H,20,24)/t14-/m1/s1. The molecule has 2 aliphatic rings. The predicted octanol–water partition coefficient (Wildman–Crippen LogP) is 3.37. The minimum absolute atomic E-state index is 0.0731. The highest BCUT2D eigenvalue weighted by Crippen LogP contribution is 2.29. The average molecular weight is 364 g/mol. The summed E-state index contributed by atoms with van der Waals surface area (Å²) >= 11 is 1.69. The maximum atomic E-state index is 12.6. The van der Waals surface area contributed by atoms with Gasteiger partial charge in [-0.2, -0.15) is 0 Å². The molecule has 25 heavy (non-hydrogen) atoms. The van der Waals surface area contributed by atoms with Gasteiger partial charge in [-0.3, -0.25) is 9.59 Å². The van der Waals surface area contributed by atoms with Crippen molar-refractivity contribution in [1.29, 1.82) is 0 Å². The lowest BCUT2D eigenvalue weighted by Gasteiger charge is -2.36. The van der Waals surface area contributed by atoms with Gasteiger partial charge in [-0.05, 0) is 26.2 Å². The van der Waals surface area contributed by atoms with E-state index in [9.17, 15) is 9.59 Å². The Morgan fingerprint density at radius 3 is 2.68 bits per heavy atom. The number of thiazole rings is 1. The number of rotatable bonds is 5. The quantitative estimate of drug-likeness (QED) is 0.872. The van der Waals surface area contributed by atoms with Gasteiger partial charge in [0.05, 0.1) is 23.2 Å². The zero-order chi connectivity index (χ0) is 18.0. The van der Waals surface area contributed by atoms with Gasteiger partial charge in [0.1, 0.15) is 0 Å². The molecule has 6 heteroatoms. The van der Waals surface area contributed by atoms with E-state index >= 15 is 0 Å². The Morgan fingerprint density at radius 2 is 2.04 bits per heavy atom. The smallest absolute Gasteiger partial charge is 0.225 e. The van der Waals surface area contributed by atoms with E-state index in [1.807, 2.05) is 11.8 Å². The number of nitrogens with zero attached hydrogens (tertiary/aromatic N) is 2. The molecule has 2 amide bonds. The first-order valence-corrected chi connectivity index (χ1v) is 10.3. The van der Waals surface area contributed by atoms with Gasteiger partial charge < -0.3 is 10.2 Å². The molecular formula is C19H29N3O2S. The number of carbonyl (C=O) groups is 2. The summed E-state index contributed by atoms with van der Waals surface area (Å²) < 4.78 is 0. The highest BCUT2D eigenvalue weighted by molar-refractivity contribution is 7.11. The molecule has 2 fully saturated rings. The highest BCUT2D eigenvalue weighted by Gasteiger charge is 2.35. The van der Waals surface area contributed by atoms with Crippen LogP contribution in [0.25, 0.3) is 0 Å². The summed E-state index contributed by atoms with van der Waals surface area (Å²) in [7, 11) is 0. The van der Waals surface area contributed by atoms with E-state index in [1.165, 1.54) is 12.8 Å². The highest BCUT2D eigenvalue weighted by atomic mass is 32.1. The molecule has 2 heterocycles. The van der Waals surface area contributed by atoms with Gasteiger partial charge in [-0.1, -0.05) is 26.7 Å². The fraction of sp³-hybridized carbons (Fsp3) is 0.737. The molecule has 0 aromatic carbocycles. The van der Waals surface area contributed by atoms with Crippen LogP contribution < -0.4 is 5.32 Å². The molecule has 0 bridgehead atoms. The Bertz CT molecular complexity index is 635. The second-order valence-electron chi connectivity index (χ2n) is 7.65. The van der Waals surface area contributed by atoms with Crippen LogP contribution in [0.5, 0.6) is 0 Å². The molecule has 1 saturated heterocycles. The van der Waals surface area contributed by atoms with Crippen molar-refractivity contribution in [3.63, 3.8) is 0 Å². The van der Waals surface area contributed by atoms with Crippen LogP contribution in [0.3, 0.4) is 0 Å². The van der Waals surface area contributed by atoms with Crippen LogP contribution in [0.4, 0.5) is 0 Å².